The number of fused-ring (bicyclic) bond motifs is 5. The highest BCUT2D eigenvalue weighted by Crippen LogP contribution is 2.48. The van der Waals surface area contributed by atoms with E-state index in [1.165, 1.54) is 12.1 Å². The van der Waals surface area contributed by atoms with Gasteiger partial charge in [-0.15, -0.1) is 0 Å². The number of benzene rings is 2. The van der Waals surface area contributed by atoms with E-state index in [0.717, 1.165) is 85.3 Å². The normalized spacial score (nSPS) is 20.5. The Morgan fingerprint density at radius 3 is 1.84 bits per heavy atom. The van der Waals surface area contributed by atoms with Gasteiger partial charge in [0.2, 0.25) is 17.5 Å². The van der Waals surface area contributed by atoms with Gasteiger partial charge in [-0.2, -0.15) is 21.4 Å². The Balaban J connectivity index is 1.42. The zero-order chi connectivity index (χ0) is 41.4. The topological polar surface area (TPSA) is 173 Å². The predicted octanol–water partition coefficient (Wildman–Crippen LogP) is 7.05. The molecule has 0 saturated carbocycles. The lowest BCUT2D eigenvalue weighted by Crippen LogP contribution is -2.28. The van der Waals surface area contributed by atoms with Crippen LogP contribution in [0.5, 0.6) is 0 Å². The van der Waals surface area contributed by atoms with Crippen LogP contribution in [0, 0.1) is 0 Å². The van der Waals surface area contributed by atoms with Crippen LogP contribution in [-0.4, -0.2) is 74.2 Å². The summed E-state index contributed by atoms with van der Waals surface area (Å²) in [6.07, 6.45) is 20.8. The molecule has 0 bridgehead atoms. The van der Waals surface area contributed by atoms with E-state index in [2.05, 4.69) is 20.1 Å². The molecule has 0 spiro atoms. The third kappa shape index (κ3) is 10.8. The fourth-order valence-corrected chi connectivity index (χ4v) is 8.96. The van der Waals surface area contributed by atoms with Crippen LogP contribution < -0.4 is 15.5 Å². The van der Waals surface area contributed by atoms with Crippen LogP contribution in [-0.2, 0) is 40.7 Å². The lowest BCUT2D eigenvalue weighted by Gasteiger charge is -2.27. The Morgan fingerprint density at radius 2 is 1.21 bits per heavy atom. The van der Waals surface area contributed by atoms with Crippen molar-refractivity contribution in [2.24, 2.45) is 0 Å². The Hall–Kier alpha value is -4.37. The molecule has 0 unspecified atom stereocenters. The highest BCUT2D eigenvalue weighted by atomic mass is 32.2. The summed E-state index contributed by atoms with van der Waals surface area (Å²) >= 11 is 0. The molecule has 3 aliphatic heterocycles. The lowest BCUT2D eigenvalue weighted by atomic mass is 9.81. The molecule has 3 heterocycles. The summed E-state index contributed by atoms with van der Waals surface area (Å²) < 4.78 is 70.0. The number of anilines is 1. The molecule has 3 aliphatic rings. The Kier molecular flexibility index (Phi) is 14.2. The van der Waals surface area contributed by atoms with Crippen molar-refractivity contribution in [3.8, 4) is 0 Å². The molecule has 57 heavy (non-hydrogen) atoms. The van der Waals surface area contributed by atoms with E-state index in [0.29, 0.717) is 39.0 Å². The SMILES string of the molecule is CC1(C)C2=CC=CC=CC=CC3=[N+](CCCCCC(=O)NCCCCNC(=O)CCCCCN2c2ccc(S(=O)(=O)O)cc21)c1ccc(S(=O)(=O)O)cc1C3(C)C. The maximum atomic E-state index is 12.5. The third-order valence-electron chi connectivity index (χ3n) is 11.1. The van der Waals surface area contributed by atoms with Crippen LogP contribution >= 0.6 is 0 Å². The fraction of sp³-hybridized carbons (Fsp3) is 0.465. The number of carbonyl (C=O) groups is 2. The van der Waals surface area contributed by atoms with E-state index in [-0.39, 0.29) is 21.6 Å². The van der Waals surface area contributed by atoms with Gasteiger partial charge in [0.15, 0.2) is 5.71 Å². The summed E-state index contributed by atoms with van der Waals surface area (Å²) in [6, 6.07) is 9.43. The molecule has 0 radical (unpaired) electrons. The zero-order valence-electron chi connectivity index (χ0n) is 33.5. The van der Waals surface area contributed by atoms with Gasteiger partial charge in [0.25, 0.3) is 20.2 Å². The highest BCUT2D eigenvalue weighted by molar-refractivity contribution is 7.86. The summed E-state index contributed by atoms with van der Waals surface area (Å²) in [6.45, 7) is 10.6. The molecule has 12 nitrogen and oxygen atoms in total. The fourth-order valence-electron chi connectivity index (χ4n) is 7.94. The predicted molar refractivity (Wildman–Crippen MR) is 223 cm³/mol. The molecule has 2 aromatic rings. The van der Waals surface area contributed by atoms with Crippen molar-refractivity contribution in [1.29, 1.82) is 0 Å². The molecule has 14 heteroatoms. The average molecular weight is 822 g/mol. The van der Waals surface area contributed by atoms with E-state index in [1.807, 2.05) is 70.2 Å². The molecule has 0 aromatic heterocycles. The van der Waals surface area contributed by atoms with Crippen molar-refractivity contribution in [3.63, 3.8) is 0 Å². The minimum Gasteiger partial charge on any atom is -0.356 e. The van der Waals surface area contributed by atoms with E-state index < -0.39 is 31.1 Å². The number of amides is 2. The number of hydrogen-bond donors (Lipinski definition) is 4. The van der Waals surface area contributed by atoms with Crippen molar-refractivity contribution in [2.75, 3.05) is 31.1 Å². The van der Waals surface area contributed by atoms with Gasteiger partial charge < -0.3 is 15.5 Å². The van der Waals surface area contributed by atoms with Crippen LogP contribution in [0.3, 0.4) is 0 Å². The van der Waals surface area contributed by atoms with E-state index in [4.69, 9.17) is 0 Å². The molecule has 308 valence electrons. The smallest absolute Gasteiger partial charge is 0.294 e. The molecule has 2 aromatic carbocycles. The number of carbonyl (C=O) groups excluding carboxylic acids is 2. The minimum atomic E-state index is -4.39. The summed E-state index contributed by atoms with van der Waals surface area (Å²) in [4.78, 5) is 26.9. The quantitative estimate of drug-likeness (QED) is 0.183. The van der Waals surface area contributed by atoms with Gasteiger partial charge >= 0.3 is 0 Å². The summed E-state index contributed by atoms with van der Waals surface area (Å²) in [5, 5.41) is 5.96. The highest BCUT2D eigenvalue weighted by Gasteiger charge is 2.45. The van der Waals surface area contributed by atoms with Gasteiger partial charge in [-0.1, -0.05) is 50.6 Å². The van der Waals surface area contributed by atoms with Gasteiger partial charge in [-0.05, 0) is 94.3 Å². The standard InChI is InChI=1S/C43H56N4O8S2/c1-42(2)34-30-32(56(50,51)52)22-24-36(34)46-28-16-8-12-20-40(48)44-26-14-15-27-45-41(49)21-13-9-17-29-47-37-25-23-33(57(53,54)55)31-35(37)43(3,4)39(47)19-11-7-5-6-10-18-38(42)46/h5-7,10-11,18-19,22-25,30-31H,8-9,12-17,20-21,26-29H2,1-4H3,(H3-,44,45,48,49,50,51,52,53,54,55)/p+1. The van der Waals surface area contributed by atoms with Crippen LogP contribution in [0.15, 0.2) is 94.4 Å². The van der Waals surface area contributed by atoms with Crippen LogP contribution in [0.4, 0.5) is 11.4 Å². The first-order valence-corrected chi connectivity index (χ1v) is 22.7. The second-order valence-corrected chi connectivity index (χ2v) is 18.8. The van der Waals surface area contributed by atoms with Gasteiger partial charge in [0, 0.05) is 73.4 Å². The number of nitrogens with one attached hydrogen (secondary N) is 2. The van der Waals surface area contributed by atoms with Gasteiger partial charge in [-0.25, -0.2) is 0 Å². The Labute approximate surface area is 338 Å². The van der Waals surface area contributed by atoms with Crippen molar-refractivity contribution >= 4 is 49.1 Å². The molecule has 0 fully saturated rings. The van der Waals surface area contributed by atoms with Crippen LogP contribution in [0.1, 0.15) is 103 Å². The molecular weight excluding hydrogens is 765 g/mol. The summed E-state index contributed by atoms with van der Waals surface area (Å²) in [5.74, 6) is 0.0196. The third-order valence-corrected chi connectivity index (χ3v) is 12.8. The maximum Gasteiger partial charge on any atom is 0.294 e. The largest absolute Gasteiger partial charge is 0.356 e. The average Bonchev–Trinajstić information content (AvgIpc) is 3.48. The number of rotatable bonds is 2. The Bertz CT molecular complexity index is 2220. The number of nitrogens with zero attached hydrogens (tertiary/aromatic N) is 2. The molecule has 0 saturated heterocycles. The lowest BCUT2D eigenvalue weighted by molar-refractivity contribution is -0.438. The zero-order valence-corrected chi connectivity index (χ0v) is 35.1. The van der Waals surface area contributed by atoms with Gasteiger partial charge in [0.05, 0.1) is 15.2 Å². The van der Waals surface area contributed by atoms with Crippen LogP contribution in [0.25, 0.3) is 0 Å². The molecule has 5 rings (SSSR count). The minimum absolute atomic E-state index is 0.00978. The molecule has 4 N–H and O–H groups in total. The molecular formula is C43H57N4O8S2+. The number of allylic oxidation sites excluding steroid dienone is 8. The van der Waals surface area contributed by atoms with Crippen molar-refractivity contribution in [3.05, 3.63) is 95.8 Å². The summed E-state index contributed by atoms with van der Waals surface area (Å²) in [5.41, 5.74) is 4.17. The van der Waals surface area contributed by atoms with E-state index >= 15 is 0 Å². The second-order valence-electron chi connectivity index (χ2n) is 16.0. The first-order chi connectivity index (χ1) is 26.9. The van der Waals surface area contributed by atoms with Crippen molar-refractivity contribution in [2.45, 2.75) is 113 Å². The Morgan fingerprint density at radius 1 is 0.649 bits per heavy atom. The molecule has 2 amide bonds. The maximum absolute atomic E-state index is 12.5. The van der Waals surface area contributed by atoms with Crippen molar-refractivity contribution in [1.82, 2.24) is 10.6 Å². The number of hydrogen-bond acceptors (Lipinski definition) is 7. The van der Waals surface area contributed by atoms with E-state index in [9.17, 15) is 35.5 Å². The molecule has 0 atom stereocenters. The van der Waals surface area contributed by atoms with Crippen molar-refractivity contribution < 1.29 is 40.1 Å². The summed E-state index contributed by atoms with van der Waals surface area (Å²) in [7, 11) is -8.78. The van der Waals surface area contributed by atoms with Crippen LogP contribution in [0.2, 0.25) is 0 Å². The first-order valence-electron chi connectivity index (χ1n) is 19.8. The first kappa shape index (κ1) is 43.7. The van der Waals surface area contributed by atoms with E-state index in [1.54, 1.807) is 24.3 Å². The van der Waals surface area contributed by atoms with Gasteiger partial charge in [-0.3, -0.25) is 18.7 Å². The van der Waals surface area contributed by atoms with Gasteiger partial charge in [0.1, 0.15) is 6.54 Å². The monoisotopic (exact) mass is 821 g/mol. The molecule has 0 aliphatic carbocycles. The second kappa shape index (κ2) is 18.5.